The number of ketones is 2. The van der Waals surface area contributed by atoms with Gasteiger partial charge in [-0.2, -0.15) is 5.26 Å². The van der Waals surface area contributed by atoms with E-state index in [1.165, 1.54) is 9.80 Å². The maximum absolute atomic E-state index is 13.4. The molecule has 1 aliphatic rings. The second kappa shape index (κ2) is 17.8. The third-order valence-electron chi connectivity index (χ3n) is 8.92. The summed E-state index contributed by atoms with van der Waals surface area (Å²) in [7, 11) is 1.59. The van der Waals surface area contributed by atoms with Gasteiger partial charge in [0.25, 0.3) is 0 Å². The number of aliphatic carboxylic acids is 1. The molecule has 2 aromatic rings. The molecule has 15 heteroatoms. The molecule has 0 aliphatic heterocycles. The lowest BCUT2D eigenvalue weighted by atomic mass is 9.71. The number of hydrogen-bond acceptors (Lipinski definition) is 11. The summed E-state index contributed by atoms with van der Waals surface area (Å²) in [6.45, 7) is 9.07. The first-order valence-electron chi connectivity index (χ1n) is 16.7. The van der Waals surface area contributed by atoms with Gasteiger partial charge in [-0.25, -0.2) is 9.78 Å². The molecule has 0 bridgehead atoms. The number of nitrogens with zero attached hydrogens (tertiary/aromatic N) is 4. The van der Waals surface area contributed by atoms with Gasteiger partial charge >= 0.3 is 12.1 Å². The van der Waals surface area contributed by atoms with Crippen LogP contribution < -0.4 is 15.8 Å². The second-order valence-corrected chi connectivity index (χ2v) is 14.3. The van der Waals surface area contributed by atoms with E-state index in [0.29, 0.717) is 64.7 Å². The zero-order valence-corrected chi connectivity index (χ0v) is 30.8. The van der Waals surface area contributed by atoms with Crippen molar-refractivity contribution in [3.63, 3.8) is 0 Å². The van der Waals surface area contributed by atoms with Crippen LogP contribution in [0.2, 0.25) is 0 Å². The number of nitrogens with one attached hydrogen (secondary N) is 1. The van der Waals surface area contributed by atoms with E-state index >= 15 is 0 Å². The minimum Gasteiger partial charge on any atom is -0.480 e. The fourth-order valence-electron chi connectivity index (χ4n) is 5.74. The Morgan fingerprint density at radius 3 is 2.39 bits per heavy atom. The van der Waals surface area contributed by atoms with Crippen LogP contribution >= 0.6 is 11.3 Å². The van der Waals surface area contributed by atoms with Gasteiger partial charge in [-0.3, -0.25) is 24.0 Å². The predicted molar refractivity (Wildman–Crippen MR) is 191 cm³/mol. The van der Waals surface area contributed by atoms with E-state index < -0.39 is 23.5 Å². The van der Waals surface area contributed by atoms with Gasteiger partial charge in [-0.05, 0) is 58.6 Å². The molecule has 1 unspecified atom stereocenters. The largest absolute Gasteiger partial charge is 0.480 e. The van der Waals surface area contributed by atoms with E-state index in [4.69, 9.17) is 15.6 Å². The number of thiazole rings is 1. The molecular weight excluding hydrogens is 676 g/mol. The van der Waals surface area contributed by atoms with E-state index in [1.54, 1.807) is 59.9 Å². The summed E-state index contributed by atoms with van der Waals surface area (Å²) >= 11 is 1.16. The maximum Gasteiger partial charge on any atom is 0.415 e. The third-order valence-corrected chi connectivity index (χ3v) is 9.84. The highest BCUT2D eigenvalue weighted by Gasteiger charge is 2.39. The van der Waals surface area contributed by atoms with Crippen molar-refractivity contribution in [2.75, 3.05) is 33.2 Å². The Morgan fingerprint density at radius 2 is 1.73 bits per heavy atom. The van der Waals surface area contributed by atoms with Gasteiger partial charge in [-0.15, -0.1) is 11.3 Å². The minimum atomic E-state index is -1.07. The SMILES string of the molecule is CC1=C(C)C(=O)C(C(C)(C)CC(=O)N(C)CCN(CCCC(=O)NCCCCC(N)C(=O)O)C(=O)Oc2ccc3nc(C#N)sc3c2)=C(C)C1=O. The number of nitriles is 1. The van der Waals surface area contributed by atoms with E-state index in [0.717, 1.165) is 11.3 Å². The summed E-state index contributed by atoms with van der Waals surface area (Å²) in [6, 6.07) is 5.89. The highest BCUT2D eigenvalue weighted by atomic mass is 32.1. The Balaban J connectivity index is 1.64. The van der Waals surface area contributed by atoms with E-state index in [1.807, 2.05) is 6.07 Å². The fraction of sp³-hybridized carbons (Fsp3) is 0.500. The van der Waals surface area contributed by atoms with Gasteiger partial charge in [0.05, 0.1) is 10.2 Å². The highest BCUT2D eigenvalue weighted by molar-refractivity contribution is 7.19. The van der Waals surface area contributed by atoms with E-state index in [9.17, 15) is 34.0 Å². The number of carboxylic acids is 1. The number of allylic oxidation sites excluding steroid dienone is 4. The number of likely N-dealkylation sites (N-methyl/N-ethyl adjacent to an activating group) is 1. The van der Waals surface area contributed by atoms with Crippen molar-refractivity contribution in [1.29, 1.82) is 5.26 Å². The molecule has 0 fully saturated rings. The molecule has 4 N–H and O–H groups in total. The van der Waals surface area contributed by atoms with Crippen LogP contribution in [0, 0.1) is 16.7 Å². The van der Waals surface area contributed by atoms with Crippen molar-refractivity contribution in [3.05, 3.63) is 45.5 Å². The van der Waals surface area contributed by atoms with Crippen molar-refractivity contribution >= 4 is 57.0 Å². The molecule has 3 rings (SSSR count). The number of amides is 3. The quantitative estimate of drug-likeness (QED) is 0.156. The van der Waals surface area contributed by atoms with Gasteiger partial charge in [0, 0.05) is 79.8 Å². The van der Waals surface area contributed by atoms with Crippen LogP contribution in [0.25, 0.3) is 10.2 Å². The number of benzene rings is 1. The lowest BCUT2D eigenvalue weighted by Crippen LogP contribution is -2.42. The Morgan fingerprint density at radius 1 is 1.04 bits per heavy atom. The van der Waals surface area contributed by atoms with Crippen molar-refractivity contribution in [2.24, 2.45) is 11.1 Å². The number of ether oxygens (including phenoxy) is 1. The highest BCUT2D eigenvalue weighted by Crippen LogP contribution is 2.39. The summed E-state index contributed by atoms with van der Waals surface area (Å²) in [5.41, 5.74) is 6.61. The summed E-state index contributed by atoms with van der Waals surface area (Å²) in [5.74, 6) is -1.80. The standard InChI is InChI=1S/C36H46N6O8S/c1-21-22(2)33(46)31(23(3)32(21)45)36(4,5)19-30(44)41(6)16-17-42(15-9-11-28(43)39-14-8-7-10-25(38)34(47)48)35(49)50-24-12-13-26-27(18-24)51-29(20-37)40-26/h12-13,18,25H,7-11,14-17,19,38H2,1-6H3,(H,39,43)(H,47,48). The molecule has 1 heterocycles. The molecule has 0 radical (unpaired) electrons. The smallest absolute Gasteiger partial charge is 0.415 e. The molecule has 1 aromatic carbocycles. The third kappa shape index (κ3) is 10.8. The van der Waals surface area contributed by atoms with Gasteiger partial charge < -0.3 is 30.7 Å². The first-order valence-corrected chi connectivity index (χ1v) is 17.5. The molecule has 0 saturated carbocycles. The first-order chi connectivity index (χ1) is 24.0. The number of hydrogen-bond donors (Lipinski definition) is 3. The molecule has 51 heavy (non-hydrogen) atoms. The molecule has 0 saturated heterocycles. The average Bonchev–Trinajstić information content (AvgIpc) is 3.49. The molecule has 1 aromatic heterocycles. The van der Waals surface area contributed by atoms with Gasteiger partial charge in [0.15, 0.2) is 16.6 Å². The monoisotopic (exact) mass is 722 g/mol. The summed E-state index contributed by atoms with van der Waals surface area (Å²) in [4.78, 5) is 83.2. The number of Topliss-reactive ketones (excluding diaryl/α,β-unsaturated/α-hetero) is 2. The number of carbonyl (C=O) groups excluding carboxylic acids is 5. The number of fused-ring (bicyclic) bond motifs is 1. The number of aromatic nitrogens is 1. The van der Waals surface area contributed by atoms with E-state index in [-0.39, 0.29) is 66.6 Å². The van der Waals surface area contributed by atoms with Crippen LogP contribution in [-0.2, 0) is 24.0 Å². The van der Waals surface area contributed by atoms with Crippen LogP contribution in [0.5, 0.6) is 5.75 Å². The Hall–Kier alpha value is -4.94. The van der Waals surface area contributed by atoms with Crippen molar-refractivity contribution in [1.82, 2.24) is 20.1 Å². The van der Waals surface area contributed by atoms with Gasteiger partial charge in [0.2, 0.25) is 11.8 Å². The number of rotatable bonds is 17. The molecular formula is C36H46N6O8S. The lowest BCUT2D eigenvalue weighted by Gasteiger charge is -2.33. The molecule has 1 atom stereocenters. The normalized spacial score (nSPS) is 14.0. The predicted octanol–water partition coefficient (Wildman–Crippen LogP) is 4.13. The van der Waals surface area contributed by atoms with Crippen LogP contribution in [-0.4, -0.2) is 94.6 Å². The Labute approximate surface area is 301 Å². The molecule has 3 amide bonds. The number of nitrogens with two attached hydrogens (primary N) is 1. The fourth-order valence-corrected chi connectivity index (χ4v) is 6.53. The second-order valence-electron chi connectivity index (χ2n) is 13.3. The van der Waals surface area contributed by atoms with Crippen LogP contribution in [0.15, 0.2) is 40.5 Å². The summed E-state index contributed by atoms with van der Waals surface area (Å²) in [5, 5.41) is 21.1. The summed E-state index contributed by atoms with van der Waals surface area (Å²) in [6.07, 6.45) is 1.08. The molecule has 274 valence electrons. The summed E-state index contributed by atoms with van der Waals surface area (Å²) < 4.78 is 6.33. The van der Waals surface area contributed by atoms with Crippen molar-refractivity contribution in [2.45, 2.75) is 79.2 Å². The van der Waals surface area contributed by atoms with Crippen molar-refractivity contribution in [3.8, 4) is 11.8 Å². The average molecular weight is 723 g/mol. The van der Waals surface area contributed by atoms with Crippen molar-refractivity contribution < 1.29 is 38.6 Å². The maximum atomic E-state index is 13.4. The number of unbranched alkanes of at least 4 members (excludes halogenated alkanes) is 1. The van der Waals surface area contributed by atoms with Crippen LogP contribution in [0.4, 0.5) is 4.79 Å². The molecule has 1 aliphatic carbocycles. The Kier molecular flexibility index (Phi) is 14.1. The van der Waals surface area contributed by atoms with Crippen LogP contribution in [0.1, 0.15) is 78.2 Å². The first kappa shape index (κ1) is 40.5. The minimum absolute atomic E-state index is 0.0477. The van der Waals surface area contributed by atoms with Gasteiger partial charge in [0.1, 0.15) is 17.9 Å². The number of carboxylic acid groups (broad SMARTS) is 1. The lowest BCUT2D eigenvalue weighted by molar-refractivity contribution is -0.138. The van der Waals surface area contributed by atoms with Crippen LogP contribution in [0.3, 0.4) is 0 Å². The van der Waals surface area contributed by atoms with Gasteiger partial charge in [-0.1, -0.05) is 13.8 Å². The van der Waals surface area contributed by atoms with E-state index in [2.05, 4.69) is 10.3 Å². The Bertz CT molecular complexity index is 1800. The topological polar surface area (TPSA) is 213 Å². The molecule has 0 spiro atoms. The molecule has 14 nitrogen and oxygen atoms in total. The zero-order chi connectivity index (χ0) is 38.0. The zero-order valence-electron chi connectivity index (χ0n) is 30.0. The number of carbonyl (C=O) groups is 6.